The number of ether oxygens (including phenoxy) is 3. The lowest BCUT2D eigenvalue weighted by atomic mass is 10.3. The van der Waals surface area contributed by atoms with Crippen LogP contribution in [0.1, 0.15) is 19.8 Å². The van der Waals surface area contributed by atoms with Crippen molar-refractivity contribution < 1.29 is 19.0 Å². The van der Waals surface area contributed by atoms with Crippen molar-refractivity contribution in [2.24, 2.45) is 5.73 Å². The minimum Gasteiger partial charge on any atom is -0.493 e. The van der Waals surface area contributed by atoms with Gasteiger partial charge in [0.1, 0.15) is 5.75 Å². The van der Waals surface area contributed by atoms with Crippen LogP contribution in [0.2, 0.25) is 0 Å². The van der Waals surface area contributed by atoms with E-state index in [1.807, 2.05) is 6.92 Å². The molecule has 0 aliphatic heterocycles. The summed E-state index contributed by atoms with van der Waals surface area (Å²) in [5, 5.41) is 0. The van der Waals surface area contributed by atoms with E-state index >= 15 is 0 Å². The van der Waals surface area contributed by atoms with Gasteiger partial charge in [-0.15, -0.1) is 0 Å². The van der Waals surface area contributed by atoms with Crippen molar-refractivity contribution >= 4 is 5.91 Å². The Morgan fingerprint density at radius 1 is 1.28 bits per heavy atom. The first kappa shape index (κ1) is 14.2. The molecule has 0 spiro atoms. The summed E-state index contributed by atoms with van der Waals surface area (Å²) in [5.41, 5.74) is 5.04. The van der Waals surface area contributed by atoms with Crippen LogP contribution in [0.15, 0.2) is 18.2 Å². The Hall–Kier alpha value is -1.91. The summed E-state index contributed by atoms with van der Waals surface area (Å²) in [4.78, 5) is 10.6. The molecule has 100 valence electrons. The van der Waals surface area contributed by atoms with Crippen LogP contribution in [0.25, 0.3) is 0 Å². The van der Waals surface area contributed by atoms with Gasteiger partial charge in [0, 0.05) is 12.5 Å². The third-order valence-electron chi connectivity index (χ3n) is 2.27. The third kappa shape index (κ3) is 4.53. The number of rotatable bonds is 8. The average molecular weight is 253 g/mol. The van der Waals surface area contributed by atoms with E-state index in [2.05, 4.69) is 0 Å². The van der Waals surface area contributed by atoms with Crippen molar-refractivity contribution in [2.45, 2.75) is 19.8 Å². The van der Waals surface area contributed by atoms with Crippen LogP contribution in [-0.2, 0) is 4.79 Å². The summed E-state index contributed by atoms with van der Waals surface area (Å²) in [7, 11) is 1.59. The lowest BCUT2D eigenvalue weighted by Crippen LogP contribution is -2.11. The lowest BCUT2D eigenvalue weighted by molar-refractivity contribution is -0.118. The largest absolute Gasteiger partial charge is 0.493 e. The van der Waals surface area contributed by atoms with Crippen LogP contribution < -0.4 is 19.9 Å². The van der Waals surface area contributed by atoms with Gasteiger partial charge in [0.05, 0.1) is 20.3 Å². The molecule has 2 N–H and O–H groups in total. The van der Waals surface area contributed by atoms with Crippen LogP contribution in [-0.4, -0.2) is 26.2 Å². The molecular formula is C13H19NO4. The summed E-state index contributed by atoms with van der Waals surface area (Å²) in [6.45, 7) is 2.90. The third-order valence-corrected chi connectivity index (χ3v) is 2.27. The van der Waals surface area contributed by atoms with E-state index in [9.17, 15) is 4.79 Å². The maximum Gasteiger partial charge on any atom is 0.217 e. The fourth-order valence-electron chi connectivity index (χ4n) is 1.45. The van der Waals surface area contributed by atoms with Crippen molar-refractivity contribution in [3.8, 4) is 17.2 Å². The molecule has 5 heteroatoms. The number of hydrogen-bond donors (Lipinski definition) is 1. The number of primary amides is 1. The van der Waals surface area contributed by atoms with E-state index in [-0.39, 0.29) is 5.91 Å². The second kappa shape index (κ2) is 7.42. The molecule has 0 aromatic heterocycles. The number of carbonyl (C=O) groups is 1. The van der Waals surface area contributed by atoms with Gasteiger partial charge in [-0.2, -0.15) is 0 Å². The molecule has 0 atom stereocenters. The Morgan fingerprint density at radius 3 is 2.67 bits per heavy atom. The highest BCUT2D eigenvalue weighted by Gasteiger charge is 2.06. The van der Waals surface area contributed by atoms with Crippen LogP contribution in [0.5, 0.6) is 17.2 Å². The monoisotopic (exact) mass is 253 g/mol. The molecule has 0 fully saturated rings. The van der Waals surface area contributed by atoms with Gasteiger partial charge in [-0.05, 0) is 25.5 Å². The summed E-state index contributed by atoms with van der Waals surface area (Å²) >= 11 is 0. The maximum atomic E-state index is 10.6. The first-order chi connectivity index (χ1) is 8.67. The highest BCUT2D eigenvalue weighted by atomic mass is 16.5. The first-order valence-electron chi connectivity index (χ1n) is 5.89. The maximum absolute atomic E-state index is 10.6. The molecule has 0 heterocycles. The van der Waals surface area contributed by atoms with Crippen LogP contribution >= 0.6 is 0 Å². The van der Waals surface area contributed by atoms with Crippen molar-refractivity contribution in [2.75, 3.05) is 20.3 Å². The fraction of sp³-hybridized carbons (Fsp3) is 0.462. The zero-order valence-corrected chi connectivity index (χ0v) is 10.8. The highest BCUT2D eigenvalue weighted by Crippen LogP contribution is 2.31. The number of benzene rings is 1. The van der Waals surface area contributed by atoms with Gasteiger partial charge in [-0.3, -0.25) is 4.79 Å². The molecule has 0 saturated heterocycles. The SMILES string of the molecule is CCOc1cc(OCCCC(N)=O)ccc1OC. The van der Waals surface area contributed by atoms with Gasteiger partial charge in [0.2, 0.25) is 5.91 Å². The van der Waals surface area contributed by atoms with Gasteiger partial charge in [-0.25, -0.2) is 0 Å². The second-order valence-electron chi connectivity index (χ2n) is 3.66. The van der Waals surface area contributed by atoms with Crippen molar-refractivity contribution in [1.29, 1.82) is 0 Å². The normalized spacial score (nSPS) is 9.89. The molecule has 1 amide bonds. The van der Waals surface area contributed by atoms with Gasteiger partial charge in [0.15, 0.2) is 11.5 Å². The number of carbonyl (C=O) groups excluding carboxylic acids is 1. The molecule has 1 aromatic rings. The second-order valence-corrected chi connectivity index (χ2v) is 3.66. The van der Waals surface area contributed by atoms with Crippen LogP contribution in [0, 0.1) is 0 Å². The lowest BCUT2D eigenvalue weighted by Gasteiger charge is -2.11. The Bertz CT molecular complexity index is 393. The van der Waals surface area contributed by atoms with E-state index in [1.165, 1.54) is 0 Å². The zero-order valence-electron chi connectivity index (χ0n) is 10.8. The van der Waals surface area contributed by atoms with Gasteiger partial charge in [-0.1, -0.05) is 0 Å². The average Bonchev–Trinajstić information content (AvgIpc) is 2.35. The van der Waals surface area contributed by atoms with Crippen molar-refractivity contribution in [3.63, 3.8) is 0 Å². The van der Waals surface area contributed by atoms with E-state index < -0.39 is 0 Å². The fourth-order valence-corrected chi connectivity index (χ4v) is 1.45. The molecule has 0 saturated carbocycles. The Labute approximate surface area is 107 Å². The molecule has 0 bridgehead atoms. The standard InChI is InChI=1S/C13H19NO4/c1-3-17-12-9-10(6-7-11(12)16-2)18-8-4-5-13(14)15/h6-7,9H,3-5,8H2,1-2H3,(H2,14,15). The summed E-state index contributed by atoms with van der Waals surface area (Å²) in [6, 6.07) is 5.35. The molecule has 0 aliphatic rings. The zero-order chi connectivity index (χ0) is 13.4. The molecule has 5 nitrogen and oxygen atoms in total. The number of nitrogens with two attached hydrogens (primary N) is 1. The molecule has 1 rings (SSSR count). The Balaban J connectivity index is 2.55. The molecule has 0 radical (unpaired) electrons. The smallest absolute Gasteiger partial charge is 0.217 e. The Morgan fingerprint density at radius 2 is 2.06 bits per heavy atom. The number of methoxy groups -OCH3 is 1. The quantitative estimate of drug-likeness (QED) is 0.716. The van der Waals surface area contributed by atoms with Gasteiger partial charge < -0.3 is 19.9 Å². The van der Waals surface area contributed by atoms with E-state index in [1.54, 1.807) is 25.3 Å². The van der Waals surface area contributed by atoms with Crippen molar-refractivity contribution in [3.05, 3.63) is 18.2 Å². The topological polar surface area (TPSA) is 70.8 Å². The number of hydrogen-bond acceptors (Lipinski definition) is 4. The van der Waals surface area contributed by atoms with Gasteiger partial charge >= 0.3 is 0 Å². The van der Waals surface area contributed by atoms with Crippen molar-refractivity contribution in [1.82, 2.24) is 0 Å². The summed E-state index contributed by atoms with van der Waals surface area (Å²) in [6.07, 6.45) is 0.930. The van der Waals surface area contributed by atoms with Crippen LogP contribution in [0.4, 0.5) is 0 Å². The molecule has 0 aliphatic carbocycles. The van der Waals surface area contributed by atoms with E-state index in [0.717, 1.165) is 0 Å². The molecule has 0 unspecified atom stereocenters. The summed E-state index contributed by atoms with van der Waals surface area (Å²) in [5.74, 6) is 1.68. The first-order valence-corrected chi connectivity index (χ1v) is 5.89. The summed E-state index contributed by atoms with van der Waals surface area (Å²) < 4.78 is 16.1. The minimum absolute atomic E-state index is 0.316. The Kier molecular flexibility index (Phi) is 5.84. The molecule has 1 aromatic carbocycles. The molecular weight excluding hydrogens is 234 g/mol. The predicted octanol–water partition coefficient (Wildman–Crippen LogP) is 1.74. The van der Waals surface area contributed by atoms with E-state index in [4.69, 9.17) is 19.9 Å². The van der Waals surface area contributed by atoms with Gasteiger partial charge in [0.25, 0.3) is 0 Å². The molecule has 18 heavy (non-hydrogen) atoms. The van der Waals surface area contributed by atoms with Crippen LogP contribution in [0.3, 0.4) is 0 Å². The minimum atomic E-state index is -0.316. The highest BCUT2D eigenvalue weighted by molar-refractivity contribution is 5.73. The van der Waals surface area contributed by atoms with E-state index in [0.29, 0.717) is 43.3 Å². The number of amides is 1. The predicted molar refractivity (Wildman–Crippen MR) is 68.1 cm³/mol.